The summed E-state index contributed by atoms with van der Waals surface area (Å²) in [7, 11) is -3.42. The van der Waals surface area contributed by atoms with Crippen LogP contribution < -0.4 is 0 Å². The van der Waals surface area contributed by atoms with Crippen LogP contribution in [0.4, 0.5) is 0 Å². The fourth-order valence-electron chi connectivity index (χ4n) is 3.24. The van der Waals surface area contributed by atoms with Crippen molar-refractivity contribution in [2.24, 2.45) is 11.8 Å². The molecule has 0 aliphatic carbocycles. The van der Waals surface area contributed by atoms with Crippen LogP contribution in [0.3, 0.4) is 0 Å². The minimum absolute atomic E-state index is 0.356. The lowest BCUT2D eigenvalue weighted by Crippen LogP contribution is -2.30. The second kappa shape index (κ2) is 4.31. The van der Waals surface area contributed by atoms with Gasteiger partial charge in [0.15, 0.2) is 0 Å². The summed E-state index contributed by atoms with van der Waals surface area (Å²) in [5, 5.41) is 0.765. The molecule has 0 saturated carbocycles. The van der Waals surface area contributed by atoms with Gasteiger partial charge in [0.2, 0.25) is 10.0 Å². The zero-order valence-corrected chi connectivity index (χ0v) is 11.8. The summed E-state index contributed by atoms with van der Waals surface area (Å²) in [6, 6.07) is 7.49. The summed E-state index contributed by atoms with van der Waals surface area (Å²) in [6.07, 6.45) is 1.60. The Balaban J connectivity index is 1.73. The highest BCUT2D eigenvalue weighted by Crippen LogP contribution is 2.34. The van der Waals surface area contributed by atoms with E-state index >= 15 is 0 Å². The SMILES string of the molecule is O=S(=O)(c1c[nH]c2ccccc12)N1CC2COCC2C1. The van der Waals surface area contributed by atoms with E-state index in [1.165, 1.54) is 0 Å². The molecule has 106 valence electrons. The molecule has 1 aromatic carbocycles. The molecule has 2 saturated heterocycles. The predicted octanol–water partition coefficient (Wildman–Crippen LogP) is 1.43. The van der Waals surface area contributed by atoms with Crippen molar-refractivity contribution in [2.45, 2.75) is 4.90 Å². The Morgan fingerprint density at radius 2 is 1.85 bits per heavy atom. The number of fused-ring (bicyclic) bond motifs is 2. The van der Waals surface area contributed by atoms with Crippen molar-refractivity contribution < 1.29 is 13.2 Å². The fourth-order valence-corrected chi connectivity index (χ4v) is 4.96. The number of H-pyrrole nitrogens is 1. The third kappa shape index (κ3) is 1.72. The normalized spacial score (nSPS) is 27.2. The van der Waals surface area contributed by atoms with E-state index < -0.39 is 10.0 Å². The Hall–Kier alpha value is -1.37. The summed E-state index contributed by atoms with van der Waals surface area (Å²) >= 11 is 0. The third-order valence-electron chi connectivity index (χ3n) is 4.38. The molecule has 4 rings (SSSR count). The van der Waals surface area contributed by atoms with Crippen LogP contribution in [0.5, 0.6) is 0 Å². The van der Waals surface area contributed by atoms with E-state index in [1.54, 1.807) is 10.5 Å². The maximum Gasteiger partial charge on any atom is 0.245 e. The number of para-hydroxylation sites is 1. The van der Waals surface area contributed by atoms with Gasteiger partial charge in [-0.25, -0.2) is 8.42 Å². The largest absolute Gasteiger partial charge is 0.381 e. The van der Waals surface area contributed by atoms with Crippen LogP contribution >= 0.6 is 0 Å². The Morgan fingerprint density at radius 1 is 1.15 bits per heavy atom. The number of hydrogen-bond acceptors (Lipinski definition) is 3. The third-order valence-corrected chi connectivity index (χ3v) is 6.25. The number of rotatable bonds is 2. The molecule has 2 atom stereocenters. The fraction of sp³-hybridized carbons (Fsp3) is 0.429. The Bertz CT molecular complexity index is 741. The van der Waals surface area contributed by atoms with Gasteiger partial charge in [-0.2, -0.15) is 4.31 Å². The standard InChI is InChI=1S/C14H16N2O3S/c17-20(18,16-6-10-8-19-9-11(10)7-16)14-5-15-13-4-2-1-3-12(13)14/h1-5,10-11,15H,6-9H2. The molecular weight excluding hydrogens is 276 g/mol. The second-order valence-electron chi connectivity index (χ2n) is 5.58. The molecule has 2 aliphatic rings. The zero-order chi connectivity index (χ0) is 13.7. The monoisotopic (exact) mass is 292 g/mol. The summed E-state index contributed by atoms with van der Waals surface area (Å²) in [4.78, 5) is 3.42. The van der Waals surface area contributed by atoms with Gasteiger partial charge in [-0.3, -0.25) is 0 Å². The van der Waals surface area contributed by atoms with E-state index in [0.717, 1.165) is 10.9 Å². The molecule has 6 heteroatoms. The summed E-state index contributed by atoms with van der Waals surface area (Å²) in [6.45, 7) is 2.52. The molecule has 1 N–H and O–H groups in total. The Morgan fingerprint density at radius 3 is 2.60 bits per heavy atom. The van der Waals surface area contributed by atoms with Crippen molar-refractivity contribution in [3.05, 3.63) is 30.5 Å². The number of aromatic nitrogens is 1. The summed E-state index contributed by atoms with van der Waals surface area (Å²) in [5.41, 5.74) is 0.855. The molecule has 0 radical (unpaired) electrons. The number of nitrogens with one attached hydrogen (secondary N) is 1. The minimum atomic E-state index is -3.42. The zero-order valence-electron chi connectivity index (χ0n) is 11.0. The molecule has 2 aliphatic heterocycles. The first kappa shape index (κ1) is 12.4. The molecule has 0 bridgehead atoms. The number of nitrogens with zero attached hydrogens (tertiary/aromatic N) is 1. The molecule has 20 heavy (non-hydrogen) atoms. The molecular formula is C14H16N2O3S. The van der Waals surface area contributed by atoms with Crippen LogP contribution in [0.1, 0.15) is 0 Å². The molecule has 0 spiro atoms. The number of sulfonamides is 1. The number of ether oxygens (including phenoxy) is 1. The number of aromatic amines is 1. The van der Waals surface area contributed by atoms with E-state index in [9.17, 15) is 8.42 Å². The predicted molar refractivity (Wildman–Crippen MR) is 74.9 cm³/mol. The van der Waals surface area contributed by atoms with Crippen molar-refractivity contribution in [2.75, 3.05) is 26.3 Å². The van der Waals surface area contributed by atoms with Gasteiger partial charge in [0.1, 0.15) is 4.90 Å². The van der Waals surface area contributed by atoms with Gasteiger partial charge in [-0.05, 0) is 6.07 Å². The van der Waals surface area contributed by atoms with Gasteiger partial charge >= 0.3 is 0 Å². The Labute approximate surface area is 117 Å². The second-order valence-corrected chi connectivity index (χ2v) is 7.48. The van der Waals surface area contributed by atoms with E-state index in [4.69, 9.17) is 4.74 Å². The van der Waals surface area contributed by atoms with Crippen LogP contribution in [0.15, 0.2) is 35.4 Å². The van der Waals surface area contributed by atoms with Crippen LogP contribution in [-0.4, -0.2) is 44.0 Å². The van der Waals surface area contributed by atoms with E-state index in [-0.39, 0.29) is 0 Å². The van der Waals surface area contributed by atoms with E-state index in [0.29, 0.717) is 43.0 Å². The molecule has 2 fully saturated rings. The van der Waals surface area contributed by atoms with Gasteiger partial charge in [0.05, 0.1) is 13.2 Å². The van der Waals surface area contributed by atoms with E-state index in [1.807, 2.05) is 24.3 Å². The van der Waals surface area contributed by atoms with Crippen LogP contribution in [-0.2, 0) is 14.8 Å². The van der Waals surface area contributed by atoms with Crippen molar-refractivity contribution in [3.8, 4) is 0 Å². The first-order chi connectivity index (χ1) is 9.66. The van der Waals surface area contributed by atoms with E-state index in [2.05, 4.69) is 4.98 Å². The van der Waals surface area contributed by atoms with Crippen molar-refractivity contribution >= 4 is 20.9 Å². The molecule has 2 aromatic rings. The van der Waals surface area contributed by atoms with Gasteiger partial charge in [-0.15, -0.1) is 0 Å². The highest BCUT2D eigenvalue weighted by atomic mass is 32.2. The molecule has 2 unspecified atom stereocenters. The minimum Gasteiger partial charge on any atom is -0.381 e. The van der Waals surface area contributed by atoms with Gasteiger partial charge in [0, 0.05) is 42.0 Å². The molecule has 3 heterocycles. The van der Waals surface area contributed by atoms with Crippen molar-refractivity contribution in [1.29, 1.82) is 0 Å². The lowest BCUT2D eigenvalue weighted by atomic mass is 10.0. The summed E-state index contributed by atoms with van der Waals surface area (Å²) in [5.74, 6) is 0.713. The average molecular weight is 292 g/mol. The smallest absolute Gasteiger partial charge is 0.245 e. The van der Waals surface area contributed by atoms with Crippen LogP contribution in [0.25, 0.3) is 10.9 Å². The van der Waals surface area contributed by atoms with Crippen LogP contribution in [0, 0.1) is 11.8 Å². The van der Waals surface area contributed by atoms with Gasteiger partial charge in [-0.1, -0.05) is 18.2 Å². The Kier molecular flexibility index (Phi) is 2.67. The highest BCUT2D eigenvalue weighted by Gasteiger charge is 2.42. The first-order valence-corrected chi connectivity index (χ1v) is 8.24. The number of benzene rings is 1. The summed E-state index contributed by atoms with van der Waals surface area (Å²) < 4.78 is 32.6. The maximum absolute atomic E-state index is 12.8. The number of hydrogen-bond donors (Lipinski definition) is 1. The van der Waals surface area contributed by atoms with Crippen molar-refractivity contribution in [1.82, 2.24) is 9.29 Å². The van der Waals surface area contributed by atoms with Gasteiger partial charge < -0.3 is 9.72 Å². The first-order valence-electron chi connectivity index (χ1n) is 6.80. The van der Waals surface area contributed by atoms with Crippen LogP contribution in [0.2, 0.25) is 0 Å². The molecule has 1 aromatic heterocycles. The average Bonchev–Trinajstić information content (AvgIpc) is 3.12. The quantitative estimate of drug-likeness (QED) is 0.911. The molecule has 5 nitrogen and oxygen atoms in total. The topological polar surface area (TPSA) is 62.4 Å². The lowest BCUT2D eigenvalue weighted by molar-refractivity contribution is 0.168. The maximum atomic E-state index is 12.8. The van der Waals surface area contributed by atoms with Gasteiger partial charge in [0.25, 0.3) is 0 Å². The lowest BCUT2D eigenvalue weighted by Gasteiger charge is -2.16. The highest BCUT2D eigenvalue weighted by molar-refractivity contribution is 7.89. The van der Waals surface area contributed by atoms with Crippen molar-refractivity contribution in [3.63, 3.8) is 0 Å². The molecule has 0 amide bonds.